The lowest BCUT2D eigenvalue weighted by atomic mass is 9.89. The first-order valence-corrected chi connectivity index (χ1v) is 8.33. The number of rotatable bonds is 6. The molecule has 0 unspecified atom stereocenters. The third kappa shape index (κ3) is 4.53. The second kappa shape index (κ2) is 6.27. The number of sulfone groups is 1. The summed E-state index contributed by atoms with van der Waals surface area (Å²) in [6, 6.07) is 7.25. The standard InChI is InChI=1S/C15H22N2O2S/c1-12-6-7-13(17)14(10-12)20(18,19)9-5-4-8-15(2,3)11-16/h6-7,10H,4-5,8-9,17H2,1-3H3. The van der Waals surface area contributed by atoms with Gasteiger partial charge in [-0.15, -0.1) is 0 Å². The lowest BCUT2D eigenvalue weighted by molar-refractivity contribution is 0.431. The predicted molar refractivity (Wildman–Crippen MR) is 80.9 cm³/mol. The molecule has 0 bridgehead atoms. The Morgan fingerprint density at radius 2 is 1.95 bits per heavy atom. The topological polar surface area (TPSA) is 84.0 Å². The maximum Gasteiger partial charge on any atom is 0.180 e. The molecule has 4 nitrogen and oxygen atoms in total. The van der Waals surface area contributed by atoms with Gasteiger partial charge in [0.25, 0.3) is 0 Å². The molecule has 1 aromatic rings. The number of nitriles is 1. The van der Waals surface area contributed by atoms with Crippen molar-refractivity contribution in [3.63, 3.8) is 0 Å². The van der Waals surface area contributed by atoms with Crippen LogP contribution in [-0.4, -0.2) is 14.2 Å². The molecule has 0 radical (unpaired) electrons. The third-order valence-corrected chi connectivity index (χ3v) is 5.12. The number of hydrogen-bond donors (Lipinski definition) is 1. The highest BCUT2D eigenvalue weighted by Gasteiger charge is 2.19. The number of nitrogen functional groups attached to an aromatic ring is 1. The highest BCUT2D eigenvalue weighted by atomic mass is 32.2. The number of benzene rings is 1. The Labute approximate surface area is 121 Å². The summed E-state index contributed by atoms with van der Waals surface area (Å²) in [6.07, 6.45) is 1.95. The van der Waals surface area contributed by atoms with Gasteiger partial charge in [0.2, 0.25) is 0 Å². The smallest absolute Gasteiger partial charge is 0.180 e. The van der Waals surface area contributed by atoms with Crippen LogP contribution in [0.4, 0.5) is 5.69 Å². The van der Waals surface area contributed by atoms with Crippen molar-refractivity contribution in [1.29, 1.82) is 5.26 Å². The first-order chi connectivity index (χ1) is 9.18. The maximum absolute atomic E-state index is 12.3. The summed E-state index contributed by atoms with van der Waals surface area (Å²) in [4.78, 5) is 0.219. The highest BCUT2D eigenvalue weighted by Crippen LogP contribution is 2.24. The van der Waals surface area contributed by atoms with Crippen LogP contribution in [0.15, 0.2) is 23.1 Å². The Morgan fingerprint density at radius 3 is 2.55 bits per heavy atom. The van der Waals surface area contributed by atoms with Crippen molar-refractivity contribution in [2.75, 3.05) is 11.5 Å². The number of nitrogens with zero attached hydrogens (tertiary/aromatic N) is 1. The Bertz CT molecular complexity index is 613. The van der Waals surface area contributed by atoms with Gasteiger partial charge in [-0.1, -0.05) is 12.5 Å². The second-order valence-electron chi connectivity index (χ2n) is 5.81. The minimum absolute atomic E-state index is 0.0716. The number of hydrogen-bond acceptors (Lipinski definition) is 4. The molecule has 1 rings (SSSR count). The second-order valence-corrected chi connectivity index (χ2v) is 7.89. The molecule has 0 aromatic heterocycles. The average molecular weight is 294 g/mol. The van der Waals surface area contributed by atoms with Crippen LogP contribution in [0.25, 0.3) is 0 Å². The van der Waals surface area contributed by atoms with Crippen LogP contribution in [0.1, 0.15) is 38.7 Å². The fraction of sp³-hybridized carbons (Fsp3) is 0.533. The normalized spacial score (nSPS) is 12.1. The van der Waals surface area contributed by atoms with Gasteiger partial charge in [0.1, 0.15) is 0 Å². The Balaban J connectivity index is 2.68. The van der Waals surface area contributed by atoms with Crippen molar-refractivity contribution < 1.29 is 8.42 Å². The van der Waals surface area contributed by atoms with Crippen LogP contribution in [-0.2, 0) is 9.84 Å². The molecule has 0 heterocycles. The van der Waals surface area contributed by atoms with E-state index in [1.807, 2.05) is 20.8 Å². The fourth-order valence-electron chi connectivity index (χ4n) is 1.94. The number of anilines is 1. The molecule has 110 valence electrons. The van der Waals surface area contributed by atoms with Gasteiger partial charge in [-0.3, -0.25) is 0 Å². The van der Waals surface area contributed by atoms with Gasteiger partial charge in [0.05, 0.1) is 27.8 Å². The highest BCUT2D eigenvalue weighted by molar-refractivity contribution is 7.91. The van der Waals surface area contributed by atoms with Gasteiger partial charge in [0, 0.05) is 0 Å². The van der Waals surface area contributed by atoms with E-state index in [4.69, 9.17) is 11.0 Å². The van der Waals surface area contributed by atoms with Crippen LogP contribution in [0.2, 0.25) is 0 Å². The Kier molecular flexibility index (Phi) is 5.18. The molecule has 0 fully saturated rings. The van der Waals surface area contributed by atoms with E-state index in [1.165, 1.54) is 0 Å². The molecular weight excluding hydrogens is 272 g/mol. The Morgan fingerprint density at radius 1 is 1.30 bits per heavy atom. The minimum atomic E-state index is -3.35. The van der Waals surface area contributed by atoms with Gasteiger partial charge >= 0.3 is 0 Å². The van der Waals surface area contributed by atoms with Crippen LogP contribution in [0.5, 0.6) is 0 Å². The molecule has 0 saturated heterocycles. The quantitative estimate of drug-likeness (QED) is 0.645. The van der Waals surface area contributed by atoms with E-state index in [0.717, 1.165) is 5.56 Å². The van der Waals surface area contributed by atoms with Crippen molar-refractivity contribution in [3.05, 3.63) is 23.8 Å². The lowest BCUT2D eigenvalue weighted by Gasteiger charge is -2.14. The predicted octanol–water partition coefficient (Wildman–Crippen LogP) is 3.07. The summed E-state index contributed by atoms with van der Waals surface area (Å²) in [5, 5.41) is 8.91. The average Bonchev–Trinajstić information content (AvgIpc) is 2.37. The minimum Gasteiger partial charge on any atom is -0.398 e. The molecule has 0 amide bonds. The molecule has 0 aliphatic heterocycles. The summed E-state index contributed by atoms with van der Waals surface area (Å²) in [5.41, 5.74) is 6.53. The molecule has 1 aromatic carbocycles. The van der Waals surface area contributed by atoms with E-state index >= 15 is 0 Å². The zero-order valence-electron chi connectivity index (χ0n) is 12.3. The zero-order valence-corrected chi connectivity index (χ0v) is 13.1. The molecule has 0 aliphatic carbocycles. The number of aryl methyl sites for hydroxylation is 1. The van der Waals surface area contributed by atoms with Gasteiger partial charge < -0.3 is 5.73 Å². The largest absolute Gasteiger partial charge is 0.398 e. The molecule has 0 saturated carbocycles. The van der Waals surface area contributed by atoms with Crippen LogP contribution in [0, 0.1) is 23.7 Å². The maximum atomic E-state index is 12.3. The fourth-order valence-corrected chi connectivity index (χ4v) is 3.53. The number of nitrogens with two attached hydrogens (primary N) is 1. The zero-order chi connectivity index (χ0) is 15.4. The van der Waals surface area contributed by atoms with Gasteiger partial charge in [-0.05, 0) is 51.3 Å². The van der Waals surface area contributed by atoms with Gasteiger partial charge in [-0.2, -0.15) is 5.26 Å². The molecule has 5 heteroatoms. The van der Waals surface area contributed by atoms with E-state index in [9.17, 15) is 8.42 Å². The van der Waals surface area contributed by atoms with Gasteiger partial charge in [0.15, 0.2) is 9.84 Å². The van der Waals surface area contributed by atoms with Crippen molar-refractivity contribution in [1.82, 2.24) is 0 Å². The molecule has 20 heavy (non-hydrogen) atoms. The summed E-state index contributed by atoms with van der Waals surface area (Å²) >= 11 is 0. The lowest BCUT2D eigenvalue weighted by Crippen LogP contribution is -2.12. The van der Waals surface area contributed by atoms with Crippen LogP contribution >= 0.6 is 0 Å². The van der Waals surface area contributed by atoms with E-state index in [0.29, 0.717) is 24.9 Å². The van der Waals surface area contributed by atoms with Crippen LogP contribution < -0.4 is 5.73 Å². The summed E-state index contributed by atoms with van der Waals surface area (Å²) in [5.74, 6) is 0.0716. The van der Waals surface area contributed by atoms with E-state index in [1.54, 1.807) is 18.2 Å². The summed E-state index contributed by atoms with van der Waals surface area (Å²) < 4.78 is 24.5. The Hall–Kier alpha value is -1.54. The summed E-state index contributed by atoms with van der Waals surface area (Å²) in [6.45, 7) is 5.56. The molecular formula is C15H22N2O2S. The molecule has 0 aliphatic rings. The SMILES string of the molecule is Cc1ccc(N)c(S(=O)(=O)CCCCC(C)(C)C#N)c1. The van der Waals surface area contributed by atoms with Crippen molar-refractivity contribution in [2.45, 2.75) is 44.9 Å². The van der Waals surface area contributed by atoms with E-state index in [2.05, 4.69) is 6.07 Å². The van der Waals surface area contributed by atoms with Crippen molar-refractivity contribution in [2.24, 2.45) is 5.41 Å². The molecule has 0 atom stereocenters. The van der Waals surface area contributed by atoms with Crippen LogP contribution in [0.3, 0.4) is 0 Å². The van der Waals surface area contributed by atoms with Gasteiger partial charge in [-0.25, -0.2) is 8.42 Å². The van der Waals surface area contributed by atoms with Crippen molar-refractivity contribution in [3.8, 4) is 6.07 Å². The molecule has 0 spiro atoms. The summed E-state index contributed by atoms with van der Waals surface area (Å²) in [7, 11) is -3.35. The first kappa shape index (κ1) is 16.5. The van der Waals surface area contributed by atoms with E-state index < -0.39 is 15.3 Å². The van der Waals surface area contributed by atoms with E-state index in [-0.39, 0.29) is 10.6 Å². The monoisotopic (exact) mass is 294 g/mol. The third-order valence-electron chi connectivity index (χ3n) is 3.27. The first-order valence-electron chi connectivity index (χ1n) is 6.68. The van der Waals surface area contributed by atoms with Crippen molar-refractivity contribution >= 4 is 15.5 Å². The number of unbranched alkanes of at least 4 members (excludes halogenated alkanes) is 1. The molecule has 2 N–H and O–H groups in total.